The minimum Gasteiger partial charge on any atom is -0.435 e. The summed E-state index contributed by atoms with van der Waals surface area (Å²) in [6.07, 6.45) is -0.974. The first-order valence-electron chi connectivity index (χ1n) is 8.44. The van der Waals surface area contributed by atoms with E-state index in [9.17, 15) is 18.7 Å². The van der Waals surface area contributed by atoms with Crippen molar-refractivity contribution in [1.82, 2.24) is 10.3 Å². The van der Waals surface area contributed by atoms with Crippen molar-refractivity contribution < 1.29 is 28.2 Å². The van der Waals surface area contributed by atoms with Crippen LogP contribution in [0.15, 0.2) is 29.6 Å². The molecule has 0 spiro atoms. The molecule has 0 radical (unpaired) electrons. The van der Waals surface area contributed by atoms with Crippen molar-refractivity contribution in [3.8, 4) is 5.75 Å². The monoisotopic (exact) mass is 400 g/mol. The zero-order chi connectivity index (χ0) is 19.8. The molecule has 0 aliphatic rings. The van der Waals surface area contributed by atoms with Crippen LogP contribution in [0.4, 0.5) is 8.78 Å². The van der Waals surface area contributed by atoms with Crippen LogP contribution in [0.1, 0.15) is 42.3 Å². The number of aliphatic hydroxyl groups excluding tert-OH is 1. The Morgan fingerprint density at radius 2 is 2.04 bits per heavy atom. The molecule has 0 saturated heterocycles. The number of nitrogens with zero attached hydrogens (tertiary/aromatic N) is 1. The first kappa shape index (κ1) is 21.2. The van der Waals surface area contributed by atoms with Crippen molar-refractivity contribution >= 4 is 17.2 Å². The minimum absolute atomic E-state index is 0.000225. The predicted molar refractivity (Wildman–Crippen MR) is 96.9 cm³/mol. The Balaban J connectivity index is 1.81. The van der Waals surface area contributed by atoms with Crippen molar-refractivity contribution in [2.24, 2.45) is 0 Å². The fourth-order valence-electron chi connectivity index (χ4n) is 2.34. The molecule has 2 N–H and O–H groups in total. The number of ether oxygens (including phenoxy) is 2. The summed E-state index contributed by atoms with van der Waals surface area (Å²) in [4.78, 5) is 16.4. The molecule has 2 unspecified atom stereocenters. The Hall–Kier alpha value is -2.10. The Labute approximate surface area is 160 Å². The van der Waals surface area contributed by atoms with Gasteiger partial charge in [-0.3, -0.25) is 4.79 Å². The molecule has 0 saturated carbocycles. The Kier molecular flexibility index (Phi) is 8.08. The summed E-state index contributed by atoms with van der Waals surface area (Å²) in [6.45, 7) is 1.50. The number of aromatic nitrogens is 1. The minimum atomic E-state index is -2.90. The average molecular weight is 400 g/mol. The number of aliphatic hydroxyl groups is 1. The quantitative estimate of drug-likeness (QED) is 0.640. The number of rotatable bonds is 10. The predicted octanol–water partition coefficient (Wildman–Crippen LogP) is 3.23. The summed E-state index contributed by atoms with van der Waals surface area (Å²) in [5.41, 5.74) is 1.13. The summed E-state index contributed by atoms with van der Waals surface area (Å²) < 4.78 is 34.0. The van der Waals surface area contributed by atoms with Crippen LogP contribution in [0.5, 0.6) is 5.75 Å². The van der Waals surface area contributed by atoms with E-state index in [4.69, 9.17) is 4.74 Å². The summed E-state index contributed by atoms with van der Waals surface area (Å²) >= 11 is 1.44. The van der Waals surface area contributed by atoms with Crippen molar-refractivity contribution in [1.29, 1.82) is 0 Å². The van der Waals surface area contributed by atoms with E-state index in [1.54, 1.807) is 0 Å². The largest absolute Gasteiger partial charge is 0.435 e. The summed E-state index contributed by atoms with van der Waals surface area (Å²) in [5, 5.41) is 15.4. The summed E-state index contributed by atoms with van der Waals surface area (Å²) in [7, 11) is 0. The fraction of sp³-hybridized carbons (Fsp3) is 0.444. The van der Waals surface area contributed by atoms with Gasteiger partial charge in [0.2, 0.25) is 5.91 Å². The third-order valence-electron chi connectivity index (χ3n) is 3.66. The third-order valence-corrected chi connectivity index (χ3v) is 4.71. The number of nitrogens with one attached hydrogen (secondary N) is 1. The molecular formula is C18H22F2N2O4S. The molecule has 1 amide bonds. The highest BCUT2D eigenvalue weighted by Gasteiger charge is 2.14. The molecule has 1 aromatic heterocycles. The van der Waals surface area contributed by atoms with Gasteiger partial charge in [0.15, 0.2) is 0 Å². The zero-order valence-electron chi connectivity index (χ0n) is 15.0. The van der Waals surface area contributed by atoms with E-state index in [1.165, 1.54) is 35.6 Å². The van der Waals surface area contributed by atoms with Gasteiger partial charge in [0.05, 0.1) is 18.2 Å². The first-order chi connectivity index (χ1) is 12.9. The van der Waals surface area contributed by atoms with Crippen LogP contribution < -0.4 is 10.1 Å². The van der Waals surface area contributed by atoms with Gasteiger partial charge >= 0.3 is 6.61 Å². The van der Waals surface area contributed by atoms with Crippen LogP contribution in [0.3, 0.4) is 0 Å². The van der Waals surface area contributed by atoms with Crippen molar-refractivity contribution in [2.45, 2.75) is 39.1 Å². The van der Waals surface area contributed by atoms with Gasteiger partial charge < -0.3 is 19.9 Å². The molecule has 27 heavy (non-hydrogen) atoms. The lowest BCUT2D eigenvalue weighted by molar-refractivity contribution is -0.121. The normalized spacial score (nSPS) is 13.4. The topological polar surface area (TPSA) is 80.7 Å². The molecule has 1 aromatic carbocycles. The van der Waals surface area contributed by atoms with Gasteiger partial charge in [-0.05, 0) is 31.5 Å². The van der Waals surface area contributed by atoms with Gasteiger partial charge in [-0.2, -0.15) is 8.78 Å². The maximum atomic E-state index is 12.1. The van der Waals surface area contributed by atoms with Crippen LogP contribution in [-0.2, 0) is 16.0 Å². The van der Waals surface area contributed by atoms with Crippen LogP contribution >= 0.6 is 11.3 Å². The molecule has 2 aromatic rings. The molecule has 2 rings (SSSR count). The van der Waals surface area contributed by atoms with Crippen molar-refractivity contribution in [2.75, 3.05) is 13.2 Å². The van der Waals surface area contributed by atoms with Gasteiger partial charge in [0, 0.05) is 18.5 Å². The number of halogens is 2. The van der Waals surface area contributed by atoms with Crippen LogP contribution in [-0.4, -0.2) is 35.8 Å². The summed E-state index contributed by atoms with van der Waals surface area (Å²) in [5.74, 6) is -0.266. The lowest BCUT2D eigenvalue weighted by Gasteiger charge is -2.13. The lowest BCUT2D eigenvalue weighted by atomic mass is 10.1. The SMILES string of the molecule is CCOC(C)c1nc(CC(=O)NCC(O)c2ccc(OC(F)F)cc2)cs1. The highest BCUT2D eigenvalue weighted by molar-refractivity contribution is 7.09. The van der Waals surface area contributed by atoms with Gasteiger partial charge in [0.25, 0.3) is 0 Å². The zero-order valence-corrected chi connectivity index (χ0v) is 15.8. The summed E-state index contributed by atoms with van der Waals surface area (Å²) in [6, 6.07) is 5.61. The maximum absolute atomic E-state index is 12.1. The van der Waals surface area contributed by atoms with Crippen molar-refractivity contribution in [3.05, 3.63) is 45.9 Å². The van der Waals surface area contributed by atoms with Crippen LogP contribution in [0.25, 0.3) is 0 Å². The number of benzene rings is 1. The van der Waals surface area contributed by atoms with Crippen molar-refractivity contribution in [3.63, 3.8) is 0 Å². The molecule has 148 valence electrons. The molecule has 0 aliphatic carbocycles. The number of thiazole rings is 1. The number of amides is 1. The van der Waals surface area contributed by atoms with E-state index in [2.05, 4.69) is 15.0 Å². The van der Waals surface area contributed by atoms with Gasteiger partial charge in [-0.15, -0.1) is 11.3 Å². The number of hydrogen-bond acceptors (Lipinski definition) is 6. The van der Waals surface area contributed by atoms with E-state index in [1.807, 2.05) is 19.2 Å². The third kappa shape index (κ3) is 6.85. The highest BCUT2D eigenvalue weighted by atomic mass is 32.1. The Morgan fingerprint density at radius 1 is 1.33 bits per heavy atom. The standard InChI is InChI=1S/C18H22F2N2O4S/c1-3-25-11(2)17-22-13(10-27-17)8-16(24)21-9-15(23)12-4-6-14(7-5-12)26-18(19)20/h4-7,10-11,15,18,23H,3,8-9H2,1-2H3,(H,21,24). The van der Waals surface area contributed by atoms with Gasteiger partial charge in [0.1, 0.15) is 16.9 Å². The Morgan fingerprint density at radius 3 is 2.67 bits per heavy atom. The number of hydrogen-bond donors (Lipinski definition) is 2. The number of carbonyl (C=O) groups excluding carboxylic acids is 1. The Bertz CT molecular complexity index is 724. The van der Waals surface area contributed by atoms with E-state index < -0.39 is 12.7 Å². The molecule has 0 fully saturated rings. The van der Waals surface area contributed by atoms with Crippen LogP contribution in [0, 0.1) is 0 Å². The molecule has 0 bridgehead atoms. The van der Waals surface area contributed by atoms with E-state index >= 15 is 0 Å². The van der Waals surface area contributed by atoms with E-state index in [0.717, 1.165) is 5.01 Å². The molecule has 1 heterocycles. The van der Waals surface area contributed by atoms with E-state index in [0.29, 0.717) is 17.9 Å². The van der Waals surface area contributed by atoms with Gasteiger partial charge in [-0.1, -0.05) is 12.1 Å². The fourth-order valence-corrected chi connectivity index (χ4v) is 3.16. The maximum Gasteiger partial charge on any atom is 0.387 e. The highest BCUT2D eigenvalue weighted by Crippen LogP contribution is 2.21. The van der Waals surface area contributed by atoms with Crippen LogP contribution in [0.2, 0.25) is 0 Å². The molecule has 9 heteroatoms. The first-order valence-corrected chi connectivity index (χ1v) is 9.32. The van der Waals surface area contributed by atoms with Gasteiger partial charge in [-0.25, -0.2) is 4.98 Å². The lowest BCUT2D eigenvalue weighted by Crippen LogP contribution is -2.29. The smallest absolute Gasteiger partial charge is 0.387 e. The molecule has 2 atom stereocenters. The second-order valence-corrected chi connectivity index (χ2v) is 6.61. The second kappa shape index (κ2) is 10.3. The molecular weight excluding hydrogens is 378 g/mol. The molecule has 6 nitrogen and oxygen atoms in total. The number of alkyl halides is 2. The molecule has 0 aliphatic heterocycles. The average Bonchev–Trinajstić information content (AvgIpc) is 3.08. The number of carbonyl (C=O) groups is 1. The van der Waals surface area contributed by atoms with E-state index in [-0.39, 0.29) is 30.7 Å². The second-order valence-electron chi connectivity index (χ2n) is 5.72.